The van der Waals surface area contributed by atoms with E-state index in [4.69, 9.17) is 10.3 Å². The van der Waals surface area contributed by atoms with Crippen molar-refractivity contribution in [3.63, 3.8) is 0 Å². The number of nitrogens with two attached hydrogens (primary N) is 1. The number of hydrogen-bond donors (Lipinski definition) is 2. The molecule has 0 spiro atoms. The van der Waals surface area contributed by atoms with Gasteiger partial charge in [-0.2, -0.15) is 0 Å². The maximum absolute atomic E-state index is 12.7. The SMILES string of the molecule is NC(=O)C(=O)C(Cc1cccnc1)NC(=O)c1cnoc1-c1ccccn1. The van der Waals surface area contributed by atoms with E-state index in [2.05, 4.69) is 20.4 Å². The minimum atomic E-state index is -1.15. The van der Waals surface area contributed by atoms with Gasteiger partial charge in [-0.05, 0) is 23.8 Å². The number of primary amides is 1. The maximum atomic E-state index is 12.7. The molecular formula is C18H15N5O4. The van der Waals surface area contributed by atoms with E-state index in [9.17, 15) is 14.4 Å². The van der Waals surface area contributed by atoms with Gasteiger partial charge in [-0.15, -0.1) is 0 Å². The average molecular weight is 365 g/mol. The van der Waals surface area contributed by atoms with E-state index in [1.807, 2.05) is 0 Å². The fourth-order valence-electron chi connectivity index (χ4n) is 2.45. The molecular weight excluding hydrogens is 350 g/mol. The van der Waals surface area contributed by atoms with Gasteiger partial charge in [0.25, 0.3) is 11.8 Å². The summed E-state index contributed by atoms with van der Waals surface area (Å²) in [4.78, 5) is 44.2. The van der Waals surface area contributed by atoms with Crippen LogP contribution in [0.3, 0.4) is 0 Å². The predicted octanol–water partition coefficient (Wildman–Crippen LogP) is 0.527. The van der Waals surface area contributed by atoms with Crippen LogP contribution in [0.1, 0.15) is 15.9 Å². The summed E-state index contributed by atoms with van der Waals surface area (Å²) in [5.74, 6) is -2.54. The van der Waals surface area contributed by atoms with Gasteiger partial charge in [-0.1, -0.05) is 17.3 Å². The highest BCUT2D eigenvalue weighted by Crippen LogP contribution is 2.21. The summed E-state index contributed by atoms with van der Waals surface area (Å²) in [5, 5.41) is 6.14. The molecule has 9 heteroatoms. The second-order valence-corrected chi connectivity index (χ2v) is 5.60. The molecule has 0 aliphatic heterocycles. The van der Waals surface area contributed by atoms with Crippen LogP contribution in [0.4, 0.5) is 0 Å². The third-order valence-corrected chi connectivity index (χ3v) is 3.74. The Morgan fingerprint density at radius 2 is 1.96 bits per heavy atom. The van der Waals surface area contributed by atoms with Crippen molar-refractivity contribution >= 4 is 17.6 Å². The first-order chi connectivity index (χ1) is 13.1. The van der Waals surface area contributed by atoms with Gasteiger partial charge in [0.15, 0.2) is 5.76 Å². The first kappa shape index (κ1) is 17.9. The van der Waals surface area contributed by atoms with Crippen LogP contribution in [-0.2, 0) is 16.0 Å². The minimum absolute atomic E-state index is 0.0611. The van der Waals surface area contributed by atoms with Crippen molar-refractivity contribution in [1.29, 1.82) is 0 Å². The molecule has 0 saturated heterocycles. The molecule has 3 heterocycles. The van der Waals surface area contributed by atoms with Crippen molar-refractivity contribution in [2.45, 2.75) is 12.5 Å². The molecule has 0 radical (unpaired) electrons. The fraction of sp³-hybridized carbons (Fsp3) is 0.111. The lowest BCUT2D eigenvalue weighted by molar-refractivity contribution is -0.137. The number of carbonyl (C=O) groups excluding carboxylic acids is 3. The quantitative estimate of drug-likeness (QED) is 0.582. The third kappa shape index (κ3) is 4.21. The van der Waals surface area contributed by atoms with Gasteiger partial charge in [0, 0.05) is 25.0 Å². The van der Waals surface area contributed by atoms with Gasteiger partial charge in [-0.25, -0.2) is 0 Å². The predicted molar refractivity (Wildman–Crippen MR) is 93.1 cm³/mol. The van der Waals surface area contributed by atoms with Crippen molar-refractivity contribution in [2.24, 2.45) is 5.73 Å². The molecule has 0 saturated carbocycles. The number of nitrogens with zero attached hydrogens (tertiary/aromatic N) is 3. The third-order valence-electron chi connectivity index (χ3n) is 3.74. The molecule has 1 unspecified atom stereocenters. The number of ketones is 1. The normalized spacial score (nSPS) is 11.6. The summed E-state index contributed by atoms with van der Waals surface area (Å²) in [5.41, 5.74) is 6.26. The molecule has 3 aromatic rings. The van der Waals surface area contributed by atoms with Crippen molar-refractivity contribution in [1.82, 2.24) is 20.4 Å². The Hall–Kier alpha value is -3.88. The Kier molecular flexibility index (Phi) is 5.31. The lowest BCUT2D eigenvalue weighted by Gasteiger charge is -2.16. The Morgan fingerprint density at radius 1 is 1.11 bits per heavy atom. The highest BCUT2D eigenvalue weighted by molar-refractivity contribution is 6.38. The van der Waals surface area contributed by atoms with E-state index < -0.39 is 23.6 Å². The molecule has 0 aliphatic carbocycles. The van der Waals surface area contributed by atoms with E-state index >= 15 is 0 Å². The largest absolute Gasteiger partial charge is 0.363 e. The van der Waals surface area contributed by atoms with E-state index in [0.29, 0.717) is 11.3 Å². The van der Waals surface area contributed by atoms with Crippen LogP contribution < -0.4 is 11.1 Å². The molecule has 136 valence electrons. The molecule has 0 aromatic carbocycles. The summed E-state index contributed by atoms with van der Waals surface area (Å²) in [6, 6.07) is 7.36. The smallest absolute Gasteiger partial charge is 0.287 e. The van der Waals surface area contributed by atoms with E-state index in [1.54, 1.807) is 42.7 Å². The van der Waals surface area contributed by atoms with Crippen molar-refractivity contribution < 1.29 is 18.9 Å². The van der Waals surface area contributed by atoms with Crippen molar-refractivity contribution in [3.05, 3.63) is 66.2 Å². The summed E-state index contributed by atoms with van der Waals surface area (Å²) in [6.45, 7) is 0. The number of aromatic nitrogens is 3. The van der Waals surface area contributed by atoms with Crippen LogP contribution >= 0.6 is 0 Å². The summed E-state index contributed by atoms with van der Waals surface area (Å²) in [6.07, 6.45) is 5.93. The van der Waals surface area contributed by atoms with E-state index in [-0.39, 0.29) is 17.7 Å². The number of carbonyl (C=O) groups is 3. The Labute approximate surface area is 153 Å². The van der Waals surface area contributed by atoms with Crippen LogP contribution in [0.2, 0.25) is 0 Å². The molecule has 2 amide bonds. The van der Waals surface area contributed by atoms with Gasteiger partial charge < -0.3 is 15.6 Å². The summed E-state index contributed by atoms with van der Waals surface area (Å²) >= 11 is 0. The molecule has 3 aromatic heterocycles. The monoisotopic (exact) mass is 365 g/mol. The zero-order valence-electron chi connectivity index (χ0n) is 14.0. The number of rotatable bonds is 7. The first-order valence-electron chi connectivity index (χ1n) is 7.95. The Bertz CT molecular complexity index is 956. The van der Waals surface area contributed by atoms with Gasteiger partial charge in [0.2, 0.25) is 5.78 Å². The number of pyridine rings is 2. The van der Waals surface area contributed by atoms with Crippen LogP contribution in [0, 0.1) is 0 Å². The molecule has 3 rings (SSSR count). The molecule has 0 bridgehead atoms. The van der Waals surface area contributed by atoms with Crippen LogP contribution in [-0.4, -0.2) is 38.8 Å². The first-order valence-corrected chi connectivity index (χ1v) is 7.95. The van der Waals surface area contributed by atoms with Gasteiger partial charge in [0.1, 0.15) is 17.3 Å². The van der Waals surface area contributed by atoms with Crippen LogP contribution in [0.15, 0.2) is 59.6 Å². The van der Waals surface area contributed by atoms with E-state index in [0.717, 1.165) is 0 Å². The lowest BCUT2D eigenvalue weighted by Crippen LogP contribution is -2.47. The number of amides is 2. The van der Waals surface area contributed by atoms with Gasteiger partial charge >= 0.3 is 0 Å². The Balaban J connectivity index is 1.84. The second kappa shape index (κ2) is 8.00. The summed E-state index contributed by atoms with van der Waals surface area (Å²) < 4.78 is 5.12. The van der Waals surface area contributed by atoms with Gasteiger partial charge in [-0.3, -0.25) is 24.4 Å². The topological polar surface area (TPSA) is 141 Å². The number of Topliss-reactive ketones (excluding diaryl/α,β-unsaturated/α-hetero) is 1. The molecule has 9 nitrogen and oxygen atoms in total. The highest BCUT2D eigenvalue weighted by Gasteiger charge is 2.28. The number of nitrogens with one attached hydrogen (secondary N) is 1. The van der Waals surface area contributed by atoms with Crippen LogP contribution in [0.25, 0.3) is 11.5 Å². The van der Waals surface area contributed by atoms with Crippen molar-refractivity contribution in [3.8, 4) is 11.5 Å². The van der Waals surface area contributed by atoms with Crippen LogP contribution in [0.5, 0.6) is 0 Å². The number of hydrogen-bond acceptors (Lipinski definition) is 7. The molecule has 1 atom stereocenters. The van der Waals surface area contributed by atoms with Gasteiger partial charge in [0.05, 0.1) is 6.20 Å². The zero-order valence-corrected chi connectivity index (χ0v) is 14.0. The highest BCUT2D eigenvalue weighted by atomic mass is 16.5. The second-order valence-electron chi connectivity index (χ2n) is 5.60. The van der Waals surface area contributed by atoms with Crippen molar-refractivity contribution in [2.75, 3.05) is 0 Å². The molecule has 27 heavy (non-hydrogen) atoms. The average Bonchev–Trinajstić information content (AvgIpc) is 3.18. The molecule has 0 fully saturated rings. The minimum Gasteiger partial charge on any atom is -0.363 e. The zero-order chi connectivity index (χ0) is 19.2. The lowest BCUT2D eigenvalue weighted by atomic mass is 10.0. The molecule has 3 N–H and O–H groups in total. The Morgan fingerprint density at radius 3 is 2.63 bits per heavy atom. The summed E-state index contributed by atoms with van der Waals surface area (Å²) in [7, 11) is 0. The maximum Gasteiger partial charge on any atom is 0.287 e. The van der Waals surface area contributed by atoms with E-state index in [1.165, 1.54) is 12.4 Å². The molecule has 0 aliphatic rings. The standard InChI is InChI=1S/C18H15N5O4/c19-17(25)15(24)14(8-11-4-3-6-20-9-11)23-18(26)12-10-22-27-16(12)13-5-1-2-7-21-13/h1-7,9-10,14H,8H2,(H2,19,25)(H,23,26). The fourth-order valence-corrected chi connectivity index (χ4v) is 2.45.